The zero-order valence-electron chi connectivity index (χ0n) is 7.97. The van der Waals surface area contributed by atoms with E-state index in [0.29, 0.717) is 10.9 Å². The third-order valence-electron chi connectivity index (χ3n) is 2.43. The first kappa shape index (κ1) is 9.76. The molecule has 7 heteroatoms. The maximum absolute atomic E-state index is 11.3. The Hall–Kier alpha value is -1.44. The highest BCUT2D eigenvalue weighted by molar-refractivity contribution is 7.89. The van der Waals surface area contributed by atoms with Crippen LogP contribution in [0.1, 0.15) is 0 Å². The first-order chi connectivity index (χ1) is 7.57. The summed E-state index contributed by atoms with van der Waals surface area (Å²) in [5.41, 5.74) is 0.666. The topological polar surface area (TPSA) is 88.8 Å². The van der Waals surface area contributed by atoms with E-state index in [1.54, 1.807) is 6.07 Å². The fourth-order valence-corrected chi connectivity index (χ4v) is 3.10. The molecule has 0 aliphatic heterocycles. The minimum absolute atomic E-state index is 0.0793. The first-order valence-corrected chi connectivity index (χ1v) is 6.80. The van der Waals surface area contributed by atoms with Crippen LogP contribution in [0.3, 0.4) is 0 Å². The molecule has 16 heavy (non-hydrogen) atoms. The van der Waals surface area contributed by atoms with Gasteiger partial charge in [0, 0.05) is 23.2 Å². The lowest BCUT2D eigenvalue weighted by Gasteiger charge is -1.95. The lowest BCUT2D eigenvalue weighted by Crippen LogP contribution is -2.11. The van der Waals surface area contributed by atoms with Crippen LogP contribution >= 0.6 is 11.5 Å². The number of nitrogens with one attached hydrogen (secondary N) is 1. The van der Waals surface area contributed by atoms with E-state index >= 15 is 0 Å². The van der Waals surface area contributed by atoms with Crippen molar-refractivity contribution in [3.05, 3.63) is 24.5 Å². The van der Waals surface area contributed by atoms with Crippen LogP contribution in [0, 0.1) is 0 Å². The smallest absolute Gasteiger partial charge is 0.240 e. The van der Waals surface area contributed by atoms with E-state index in [1.165, 1.54) is 17.7 Å². The molecule has 0 aliphatic rings. The molecule has 82 valence electrons. The van der Waals surface area contributed by atoms with Crippen LogP contribution in [0.5, 0.6) is 0 Å². The highest BCUT2D eigenvalue weighted by Gasteiger charge is 2.16. The van der Waals surface area contributed by atoms with Crippen molar-refractivity contribution < 1.29 is 8.42 Å². The third kappa shape index (κ3) is 1.26. The maximum atomic E-state index is 11.3. The zero-order valence-corrected chi connectivity index (χ0v) is 9.60. The lowest BCUT2D eigenvalue weighted by atomic mass is 10.2. The van der Waals surface area contributed by atoms with E-state index < -0.39 is 10.0 Å². The van der Waals surface area contributed by atoms with Gasteiger partial charge in [0.15, 0.2) is 0 Å². The van der Waals surface area contributed by atoms with Crippen LogP contribution in [0.4, 0.5) is 0 Å². The predicted molar refractivity (Wildman–Crippen MR) is 62.8 cm³/mol. The molecule has 3 rings (SSSR count). The molecule has 0 bridgehead atoms. The molecule has 3 N–H and O–H groups in total. The number of hydrogen-bond acceptors (Lipinski definition) is 4. The molecule has 0 amide bonds. The van der Waals surface area contributed by atoms with Crippen LogP contribution in [-0.2, 0) is 10.0 Å². The van der Waals surface area contributed by atoms with E-state index in [9.17, 15) is 8.42 Å². The fourth-order valence-electron chi connectivity index (χ4n) is 1.73. The number of fused-ring (bicyclic) bond motifs is 3. The van der Waals surface area contributed by atoms with Crippen LogP contribution in [0.15, 0.2) is 29.4 Å². The molecular weight excluding hydrogens is 246 g/mol. The Kier molecular flexibility index (Phi) is 1.85. The molecule has 2 heterocycles. The number of aromatic amines is 1. The SMILES string of the molecule is NS(=O)(=O)c1cnc2c1ccc1s[nH]cc12. The van der Waals surface area contributed by atoms with E-state index in [-0.39, 0.29) is 4.90 Å². The molecule has 5 nitrogen and oxygen atoms in total. The zero-order chi connectivity index (χ0) is 11.3. The Morgan fingerprint density at radius 2 is 2.12 bits per heavy atom. The largest absolute Gasteiger partial charge is 0.317 e. The second kappa shape index (κ2) is 3.03. The molecule has 2 aromatic heterocycles. The Bertz CT molecular complexity index is 785. The average molecular weight is 253 g/mol. The molecule has 3 aromatic rings. The van der Waals surface area contributed by atoms with Crippen molar-refractivity contribution in [2.45, 2.75) is 4.90 Å². The summed E-state index contributed by atoms with van der Waals surface area (Å²) < 4.78 is 26.7. The van der Waals surface area contributed by atoms with Crippen molar-refractivity contribution in [1.29, 1.82) is 0 Å². The quantitative estimate of drug-likeness (QED) is 0.687. The van der Waals surface area contributed by atoms with Gasteiger partial charge in [-0.25, -0.2) is 13.6 Å². The molecule has 0 fully saturated rings. The monoisotopic (exact) mass is 253 g/mol. The normalized spacial score (nSPS) is 12.6. The number of benzene rings is 1. The molecule has 0 unspecified atom stereocenters. The number of nitrogens with zero attached hydrogens (tertiary/aromatic N) is 1. The minimum atomic E-state index is -3.71. The van der Waals surface area contributed by atoms with Gasteiger partial charge in [-0.2, -0.15) is 0 Å². The minimum Gasteiger partial charge on any atom is -0.317 e. The summed E-state index contributed by atoms with van der Waals surface area (Å²) in [6.07, 6.45) is 3.11. The molecule has 0 atom stereocenters. The van der Waals surface area contributed by atoms with Gasteiger partial charge < -0.3 is 4.37 Å². The molecule has 0 radical (unpaired) electrons. The second-order valence-electron chi connectivity index (χ2n) is 3.41. The Balaban J connectivity index is 2.53. The summed E-state index contributed by atoms with van der Waals surface area (Å²) >= 11 is 1.47. The fraction of sp³-hybridized carbons (Fsp3) is 0. The number of aromatic nitrogens is 2. The van der Waals surface area contributed by atoms with Gasteiger partial charge in [-0.15, -0.1) is 0 Å². The number of hydrogen-bond donors (Lipinski definition) is 2. The molecule has 0 aliphatic carbocycles. The van der Waals surface area contributed by atoms with Crippen molar-refractivity contribution in [2.24, 2.45) is 5.14 Å². The summed E-state index contributed by atoms with van der Waals surface area (Å²) in [4.78, 5) is 4.19. The van der Waals surface area contributed by atoms with E-state index in [2.05, 4.69) is 9.36 Å². The highest BCUT2D eigenvalue weighted by atomic mass is 32.2. The van der Waals surface area contributed by atoms with E-state index in [0.717, 1.165) is 10.1 Å². The van der Waals surface area contributed by atoms with E-state index in [4.69, 9.17) is 5.14 Å². The maximum Gasteiger partial charge on any atom is 0.240 e. The lowest BCUT2D eigenvalue weighted by molar-refractivity contribution is 0.598. The number of rotatable bonds is 1. The molecular formula is C9H7N3O2S2. The van der Waals surface area contributed by atoms with Gasteiger partial charge in [0.1, 0.15) is 4.90 Å². The van der Waals surface area contributed by atoms with Gasteiger partial charge in [-0.05, 0) is 12.1 Å². The van der Waals surface area contributed by atoms with Crippen molar-refractivity contribution in [3.8, 4) is 0 Å². The molecule has 1 aromatic carbocycles. The van der Waals surface area contributed by atoms with Crippen LogP contribution in [0.2, 0.25) is 0 Å². The number of sulfonamides is 1. The van der Waals surface area contributed by atoms with Crippen LogP contribution in [-0.4, -0.2) is 17.8 Å². The second-order valence-corrected chi connectivity index (χ2v) is 5.81. The summed E-state index contributed by atoms with van der Waals surface area (Å²) in [5.74, 6) is 0. The van der Waals surface area contributed by atoms with E-state index in [1.807, 2.05) is 12.3 Å². The summed E-state index contributed by atoms with van der Waals surface area (Å²) in [5, 5.41) is 6.60. The van der Waals surface area contributed by atoms with Crippen LogP contribution in [0.25, 0.3) is 21.0 Å². The third-order valence-corrected chi connectivity index (χ3v) is 4.18. The molecule has 0 spiro atoms. The number of primary sulfonamides is 1. The average Bonchev–Trinajstić information content (AvgIpc) is 2.81. The molecule has 0 saturated carbocycles. The summed E-state index contributed by atoms with van der Waals surface area (Å²) in [6, 6.07) is 3.59. The van der Waals surface area contributed by atoms with Crippen molar-refractivity contribution in [2.75, 3.05) is 0 Å². The van der Waals surface area contributed by atoms with Gasteiger partial charge in [0.05, 0.1) is 10.2 Å². The van der Waals surface area contributed by atoms with Gasteiger partial charge in [-0.3, -0.25) is 4.98 Å². The summed E-state index contributed by atoms with van der Waals surface area (Å²) in [7, 11) is -3.71. The Morgan fingerprint density at radius 1 is 1.31 bits per heavy atom. The van der Waals surface area contributed by atoms with Crippen molar-refractivity contribution >= 4 is 42.5 Å². The van der Waals surface area contributed by atoms with Crippen LogP contribution < -0.4 is 5.14 Å². The van der Waals surface area contributed by atoms with Gasteiger partial charge in [0.2, 0.25) is 10.0 Å². The van der Waals surface area contributed by atoms with Crippen molar-refractivity contribution in [1.82, 2.24) is 9.36 Å². The Labute approximate surface area is 95.1 Å². The highest BCUT2D eigenvalue weighted by Crippen LogP contribution is 2.30. The predicted octanol–water partition coefficient (Wildman–Crippen LogP) is 1.43. The Morgan fingerprint density at radius 3 is 2.88 bits per heavy atom. The first-order valence-electron chi connectivity index (χ1n) is 4.44. The summed E-state index contributed by atoms with van der Waals surface area (Å²) in [6.45, 7) is 0. The van der Waals surface area contributed by atoms with Crippen molar-refractivity contribution in [3.63, 3.8) is 0 Å². The van der Waals surface area contributed by atoms with Gasteiger partial charge in [0.25, 0.3) is 0 Å². The van der Waals surface area contributed by atoms with Gasteiger partial charge in [-0.1, -0.05) is 11.5 Å². The molecule has 0 saturated heterocycles. The standard InChI is InChI=1S/C9H7N3O2S2/c10-16(13,14)8-4-11-9-5(8)1-2-7-6(9)3-12-15-7/h1-4,12H,(H2,10,13,14). The number of nitrogens with two attached hydrogens (primary N) is 1. The number of H-pyrrole nitrogens is 1. The van der Waals surface area contributed by atoms with Gasteiger partial charge >= 0.3 is 0 Å².